The number of carbonyl (C=O) groups excluding carboxylic acids is 3. The van der Waals surface area contributed by atoms with E-state index < -0.39 is 42.4 Å². The van der Waals surface area contributed by atoms with Gasteiger partial charge in [-0.2, -0.15) is 0 Å². The zero-order valence-corrected chi connectivity index (χ0v) is 19.7. The summed E-state index contributed by atoms with van der Waals surface area (Å²) in [5.41, 5.74) is 1.76. The van der Waals surface area contributed by atoms with Crippen LogP contribution in [0.25, 0.3) is 0 Å². The Balaban J connectivity index is 1.65. The van der Waals surface area contributed by atoms with E-state index >= 15 is 0 Å². The number of urea groups is 1. The van der Waals surface area contributed by atoms with Crippen molar-refractivity contribution in [1.82, 2.24) is 15.1 Å². The van der Waals surface area contributed by atoms with Gasteiger partial charge in [-0.15, -0.1) is 0 Å². The number of benzene rings is 2. The highest BCUT2D eigenvalue weighted by Gasteiger charge is 2.49. The summed E-state index contributed by atoms with van der Waals surface area (Å²) in [4.78, 5) is 52.5. The number of ether oxygens (including phenoxy) is 1. The molecule has 2 aromatic rings. The first kappa shape index (κ1) is 24.3. The van der Waals surface area contributed by atoms with Gasteiger partial charge in [0.2, 0.25) is 0 Å². The minimum atomic E-state index is -1.40. The largest absolute Gasteiger partial charge is 0.465 e. The average Bonchev–Trinajstić information content (AvgIpc) is 3.29. The number of carbonyl (C=O) groups is 4. The van der Waals surface area contributed by atoms with Gasteiger partial charge in [-0.05, 0) is 29.9 Å². The van der Waals surface area contributed by atoms with Crippen molar-refractivity contribution in [3.8, 4) is 0 Å². The van der Waals surface area contributed by atoms with Crippen LogP contribution in [-0.4, -0.2) is 63.3 Å². The predicted molar refractivity (Wildman–Crippen MR) is 127 cm³/mol. The van der Waals surface area contributed by atoms with Gasteiger partial charge in [0, 0.05) is 12.5 Å². The van der Waals surface area contributed by atoms with E-state index in [2.05, 4.69) is 5.32 Å². The predicted octanol–water partition coefficient (Wildman–Crippen LogP) is 3.67. The highest BCUT2D eigenvalue weighted by atomic mass is 16.6. The molecule has 0 unspecified atom stereocenters. The Bertz CT molecular complexity index is 1090. The van der Waals surface area contributed by atoms with Crippen LogP contribution < -0.4 is 5.32 Å². The third-order valence-electron chi connectivity index (χ3n) is 6.56. The maximum absolute atomic E-state index is 13.2. The fourth-order valence-electron chi connectivity index (χ4n) is 4.82. The van der Waals surface area contributed by atoms with Gasteiger partial charge in [-0.25, -0.2) is 19.3 Å². The van der Waals surface area contributed by atoms with Crippen molar-refractivity contribution in [1.29, 1.82) is 0 Å². The zero-order chi connectivity index (χ0) is 25.1. The van der Waals surface area contributed by atoms with Crippen molar-refractivity contribution < 1.29 is 29.0 Å². The van der Waals surface area contributed by atoms with Gasteiger partial charge >= 0.3 is 18.2 Å². The van der Waals surface area contributed by atoms with Gasteiger partial charge in [0.25, 0.3) is 5.91 Å². The molecule has 4 atom stereocenters. The van der Waals surface area contributed by atoms with E-state index in [0.29, 0.717) is 11.3 Å². The Morgan fingerprint density at radius 1 is 1.00 bits per heavy atom. The number of nitrogens with one attached hydrogen (secondary N) is 1. The summed E-state index contributed by atoms with van der Waals surface area (Å²) in [6.45, 7) is 3.72. The van der Waals surface area contributed by atoms with Gasteiger partial charge in [0.1, 0.15) is 12.1 Å². The molecule has 4 rings (SSSR count). The Morgan fingerprint density at radius 2 is 1.60 bits per heavy atom. The summed E-state index contributed by atoms with van der Waals surface area (Å²) < 4.78 is 5.53. The Morgan fingerprint density at radius 3 is 2.14 bits per heavy atom. The maximum atomic E-state index is 13.2. The summed E-state index contributed by atoms with van der Waals surface area (Å²) in [7, 11) is 0. The van der Waals surface area contributed by atoms with Crippen molar-refractivity contribution in [2.24, 2.45) is 5.92 Å². The van der Waals surface area contributed by atoms with Gasteiger partial charge < -0.3 is 15.2 Å². The first-order valence-corrected chi connectivity index (χ1v) is 11.7. The molecule has 35 heavy (non-hydrogen) atoms. The molecular formula is C26H29N3O6. The molecule has 2 aromatic carbocycles. The van der Waals surface area contributed by atoms with Crippen LogP contribution in [0, 0.1) is 5.92 Å². The van der Waals surface area contributed by atoms with Crippen LogP contribution in [0.5, 0.6) is 0 Å². The smallest absolute Gasteiger partial charge is 0.420 e. The monoisotopic (exact) mass is 479 g/mol. The fourth-order valence-corrected chi connectivity index (χ4v) is 4.82. The van der Waals surface area contributed by atoms with E-state index in [-0.39, 0.29) is 24.7 Å². The molecule has 2 heterocycles. The van der Waals surface area contributed by atoms with Crippen LogP contribution in [0.1, 0.15) is 31.4 Å². The lowest BCUT2D eigenvalue weighted by Gasteiger charge is -2.30. The highest BCUT2D eigenvalue weighted by Crippen LogP contribution is 2.30. The third-order valence-corrected chi connectivity index (χ3v) is 6.56. The number of carboxylic acid groups (broad SMARTS) is 1. The second kappa shape index (κ2) is 10.2. The Hall–Kier alpha value is -3.88. The topological polar surface area (TPSA) is 116 Å². The molecule has 5 amide bonds. The second-order valence-electron chi connectivity index (χ2n) is 9.29. The molecule has 2 aliphatic rings. The molecule has 0 saturated carbocycles. The van der Waals surface area contributed by atoms with E-state index in [0.717, 1.165) is 11.1 Å². The second-order valence-corrected chi connectivity index (χ2v) is 9.29. The molecule has 2 N–H and O–H groups in total. The molecule has 184 valence electrons. The molecule has 2 saturated heterocycles. The lowest BCUT2D eigenvalue weighted by molar-refractivity contribution is -0.130. The first-order chi connectivity index (χ1) is 16.8. The molecule has 0 bridgehead atoms. The van der Waals surface area contributed by atoms with E-state index in [1.165, 1.54) is 4.90 Å². The number of imide groups is 2. The quantitative estimate of drug-likeness (QED) is 0.558. The summed E-state index contributed by atoms with van der Waals surface area (Å²) in [6.07, 6.45) is -2.44. The summed E-state index contributed by atoms with van der Waals surface area (Å²) in [5, 5.41) is 12.5. The van der Waals surface area contributed by atoms with E-state index in [1.54, 1.807) is 0 Å². The maximum Gasteiger partial charge on any atom is 0.420 e. The van der Waals surface area contributed by atoms with Crippen LogP contribution in [0.3, 0.4) is 0 Å². The lowest BCUT2D eigenvalue weighted by Crippen LogP contribution is -2.47. The molecule has 9 nitrogen and oxygen atoms in total. The van der Waals surface area contributed by atoms with Crippen LogP contribution in [-0.2, 0) is 22.4 Å². The average molecular weight is 480 g/mol. The van der Waals surface area contributed by atoms with E-state index in [4.69, 9.17) is 4.74 Å². The van der Waals surface area contributed by atoms with Gasteiger partial charge in [0.05, 0.1) is 6.04 Å². The minimum absolute atomic E-state index is 0.0912. The molecule has 9 heteroatoms. The molecule has 0 aromatic heterocycles. The summed E-state index contributed by atoms with van der Waals surface area (Å²) in [5.74, 6) is -0.420. The number of nitrogens with zero attached hydrogens (tertiary/aromatic N) is 2. The minimum Gasteiger partial charge on any atom is -0.465 e. The van der Waals surface area contributed by atoms with Gasteiger partial charge in [-0.3, -0.25) is 9.69 Å². The van der Waals surface area contributed by atoms with E-state index in [1.807, 2.05) is 74.5 Å². The van der Waals surface area contributed by atoms with Crippen molar-refractivity contribution in [2.45, 2.75) is 57.3 Å². The number of rotatable bonds is 8. The SMILES string of the molecule is CC(C)[C@@H]1NC(=O)N([C@@H](Cc2ccccc2)C[C@@H]2OC(=O)N(C(=O)O)[C@H]2Cc2ccccc2)C1=O. The number of hydrogen-bond acceptors (Lipinski definition) is 5. The standard InChI is InChI=1S/C26H29N3O6/c1-16(2)22-23(30)28(24(31)27-22)19(13-17-9-5-3-6-10-17)15-21-20(14-18-11-7-4-8-12-18)29(25(32)33)26(34)35-21/h3-12,16,19-22H,13-15H2,1-2H3,(H,27,31)(H,32,33)/t19-,20-,21-,22-/m0/s1. The molecule has 2 fully saturated rings. The van der Waals surface area contributed by atoms with Crippen molar-refractivity contribution in [3.63, 3.8) is 0 Å². The third kappa shape index (κ3) is 5.13. The summed E-state index contributed by atoms with van der Waals surface area (Å²) >= 11 is 0. The number of hydrogen-bond donors (Lipinski definition) is 2. The van der Waals surface area contributed by atoms with Crippen LogP contribution in [0.2, 0.25) is 0 Å². The normalized spacial score (nSPS) is 22.9. The van der Waals surface area contributed by atoms with Crippen molar-refractivity contribution >= 4 is 24.1 Å². The molecule has 0 spiro atoms. The first-order valence-electron chi connectivity index (χ1n) is 11.7. The van der Waals surface area contributed by atoms with E-state index in [9.17, 15) is 24.3 Å². The molecule has 2 aliphatic heterocycles. The number of cyclic esters (lactones) is 1. The van der Waals surface area contributed by atoms with Gasteiger partial charge in [0.15, 0.2) is 0 Å². The molecule has 0 aliphatic carbocycles. The fraction of sp³-hybridized carbons (Fsp3) is 0.385. The highest BCUT2D eigenvalue weighted by molar-refractivity contribution is 6.04. The molecule has 0 radical (unpaired) electrons. The lowest BCUT2D eigenvalue weighted by atomic mass is 9.92. The van der Waals surface area contributed by atoms with Crippen LogP contribution in [0.15, 0.2) is 60.7 Å². The van der Waals surface area contributed by atoms with Crippen LogP contribution in [0.4, 0.5) is 14.4 Å². The summed E-state index contributed by atoms with van der Waals surface area (Å²) in [6, 6.07) is 16.1. The zero-order valence-electron chi connectivity index (χ0n) is 19.7. The Kier molecular flexibility index (Phi) is 7.04. The Labute approximate surface area is 203 Å². The van der Waals surface area contributed by atoms with Gasteiger partial charge in [-0.1, -0.05) is 74.5 Å². The number of amides is 5. The van der Waals surface area contributed by atoms with Crippen molar-refractivity contribution in [2.75, 3.05) is 0 Å². The van der Waals surface area contributed by atoms with Crippen LogP contribution >= 0.6 is 0 Å². The molecular weight excluding hydrogens is 450 g/mol. The van der Waals surface area contributed by atoms with Crippen molar-refractivity contribution in [3.05, 3.63) is 71.8 Å².